The van der Waals surface area contributed by atoms with E-state index < -0.39 is 0 Å². The molecule has 0 spiro atoms. The van der Waals surface area contributed by atoms with Crippen LogP contribution in [0.25, 0.3) is 0 Å². The van der Waals surface area contributed by atoms with Crippen molar-refractivity contribution in [3.05, 3.63) is 183 Å². The molecular weight excluding hydrogens is 398 g/mol. The molecule has 0 aromatic heterocycles. The fraction of sp³-hybridized carbons (Fsp3) is 0.0625. The molecule has 0 heterocycles. The lowest BCUT2D eigenvalue weighted by Gasteiger charge is -2.28. The van der Waals surface area contributed by atoms with Crippen LogP contribution in [0.3, 0.4) is 0 Å². The van der Waals surface area contributed by atoms with Gasteiger partial charge in [-0.05, 0) is 61.4 Å². The van der Waals surface area contributed by atoms with Gasteiger partial charge in [0.1, 0.15) is 0 Å². The zero-order valence-electron chi connectivity index (χ0n) is 20.2. The molecule has 0 fully saturated rings. The van der Waals surface area contributed by atoms with Gasteiger partial charge in [0.25, 0.3) is 0 Å². The van der Waals surface area contributed by atoms with Crippen molar-refractivity contribution in [2.24, 2.45) is 0 Å². The lowest BCUT2D eigenvalue weighted by molar-refractivity contribution is 0.578. The third-order valence-electron chi connectivity index (χ3n) is 4.20. The second kappa shape index (κ2) is 18.7. The number of allylic oxidation sites excluding steroid dienone is 21. The van der Waals surface area contributed by atoms with Crippen molar-refractivity contribution in [3.8, 4) is 0 Å². The van der Waals surface area contributed by atoms with Gasteiger partial charge >= 0.3 is 0 Å². The van der Waals surface area contributed by atoms with Crippen LogP contribution in [0.15, 0.2) is 183 Å². The van der Waals surface area contributed by atoms with Crippen LogP contribution in [0.1, 0.15) is 13.8 Å². The highest BCUT2D eigenvalue weighted by atomic mass is 15.2. The number of nitrogens with zero attached hydrogens (tertiary/aromatic N) is 1. The molecule has 0 unspecified atom stereocenters. The predicted molar refractivity (Wildman–Crippen MR) is 151 cm³/mol. The summed E-state index contributed by atoms with van der Waals surface area (Å²) in [5.41, 5.74) is 4.62. The average Bonchev–Trinajstić information content (AvgIpc) is 2.83. The Morgan fingerprint density at radius 3 is 1.64 bits per heavy atom. The maximum atomic E-state index is 4.07. The van der Waals surface area contributed by atoms with Crippen LogP contribution in [0.2, 0.25) is 0 Å². The molecule has 0 rings (SSSR count). The molecule has 0 aliphatic heterocycles. The Balaban J connectivity index is 6.99. The Hall–Kier alpha value is -4.10. The minimum atomic E-state index is 0.870. The Kier molecular flexibility index (Phi) is 16.3. The third kappa shape index (κ3) is 10.7. The summed E-state index contributed by atoms with van der Waals surface area (Å²) in [4.78, 5) is 2.10. The van der Waals surface area contributed by atoms with Gasteiger partial charge in [0.2, 0.25) is 0 Å². The molecule has 0 saturated carbocycles. The molecule has 0 N–H and O–H groups in total. The van der Waals surface area contributed by atoms with Gasteiger partial charge in [0.15, 0.2) is 0 Å². The van der Waals surface area contributed by atoms with E-state index in [4.69, 9.17) is 0 Å². The summed E-state index contributed by atoms with van der Waals surface area (Å²) >= 11 is 0. The average molecular weight is 436 g/mol. The number of hydrogen-bond donors (Lipinski definition) is 0. The van der Waals surface area contributed by atoms with Gasteiger partial charge in [-0.25, -0.2) is 0 Å². The van der Waals surface area contributed by atoms with Crippen LogP contribution in [0.5, 0.6) is 0 Å². The molecule has 0 radical (unpaired) electrons. The highest BCUT2D eigenvalue weighted by Crippen LogP contribution is 2.25. The maximum absolute atomic E-state index is 4.07. The molecule has 0 aromatic rings. The van der Waals surface area contributed by atoms with E-state index in [0.29, 0.717) is 0 Å². The lowest BCUT2D eigenvalue weighted by Crippen LogP contribution is -2.19. The van der Waals surface area contributed by atoms with E-state index in [1.807, 2.05) is 98.9 Å². The first-order valence-corrected chi connectivity index (χ1v) is 10.7. The van der Waals surface area contributed by atoms with Crippen molar-refractivity contribution in [2.75, 3.05) is 0 Å². The normalized spacial score (nSPS) is 14.3. The van der Waals surface area contributed by atoms with Gasteiger partial charge in [0.05, 0.1) is 0 Å². The van der Waals surface area contributed by atoms with Crippen LogP contribution in [0.4, 0.5) is 0 Å². The number of hydrogen-bond acceptors (Lipinski definition) is 1. The smallest absolute Gasteiger partial charge is 0.0461 e. The minimum Gasteiger partial charge on any atom is -0.311 e. The monoisotopic (exact) mass is 435 g/mol. The van der Waals surface area contributed by atoms with Gasteiger partial charge in [-0.1, -0.05) is 118 Å². The topological polar surface area (TPSA) is 3.24 Å². The summed E-state index contributed by atoms with van der Waals surface area (Å²) in [6, 6.07) is 0. The minimum absolute atomic E-state index is 0.870. The van der Waals surface area contributed by atoms with Crippen LogP contribution < -0.4 is 0 Å². The number of rotatable bonds is 15. The Morgan fingerprint density at radius 2 is 1.12 bits per heavy atom. The molecule has 0 atom stereocenters. The van der Waals surface area contributed by atoms with Crippen LogP contribution in [-0.2, 0) is 0 Å². The molecule has 0 aromatic carbocycles. The first-order chi connectivity index (χ1) is 16.1. The lowest BCUT2D eigenvalue weighted by atomic mass is 10.0. The van der Waals surface area contributed by atoms with Crippen molar-refractivity contribution in [1.82, 2.24) is 4.90 Å². The van der Waals surface area contributed by atoms with Crippen molar-refractivity contribution in [2.45, 2.75) is 13.8 Å². The summed E-state index contributed by atoms with van der Waals surface area (Å²) in [6.07, 6.45) is 36.3. The van der Waals surface area contributed by atoms with Crippen molar-refractivity contribution < 1.29 is 0 Å². The molecule has 0 amide bonds. The van der Waals surface area contributed by atoms with Gasteiger partial charge in [-0.15, -0.1) is 0 Å². The van der Waals surface area contributed by atoms with Gasteiger partial charge in [-0.3, -0.25) is 0 Å². The van der Waals surface area contributed by atoms with Crippen molar-refractivity contribution >= 4 is 0 Å². The maximum Gasteiger partial charge on any atom is 0.0461 e. The molecular formula is C32H37N. The fourth-order valence-electron chi connectivity index (χ4n) is 2.72. The quantitative estimate of drug-likeness (QED) is 0.232. The SMILES string of the molecule is C=C\C=C/C=C(C=C)/C(C=C)=C/C=C(\C=C)N(C(/C=C\C=C)=C/C=C)C(/C=C\C)=C/C=C\C. The molecule has 0 aliphatic carbocycles. The second-order valence-electron chi connectivity index (χ2n) is 6.44. The molecule has 0 aliphatic rings. The summed E-state index contributed by atoms with van der Waals surface area (Å²) in [5, 5.41) is 0. The largest absolute Gasteiger partial charge is 0.311 e. The molecule has 0 saturated heterocycles. The van der Waals surface area contributed by atoms with E-state index >= 15 is 0 Å². The highest BCUT2D eigenvalue weighted by Gasteiger charge is 2.13. The highest BCUT2D eigenvalue weighted by molar-refractivity contribution is 5.50. The van der Waals surface area contributed by atoms with E-state index in [9.17, 15) is 0 Å². The first-order valence-electron chi connectivity index (χ1n) is 10.7. The van der Waals surface area contributed by atoms with Crippen LogP contribution >= 0.6 is 0 Å². The Bertz CT molecular complexity index is 974. The summed E-state index contributed by atoms with van der Waals surface area (Å²) in [7, 11) is 0. The first kappa shape index (κ1) is 28.9. The molecule has 1 heteroatoms. The Morgan fingerprint density at radius 1 is 0.485 bits per heavy atom. The fourth-order valence-corrected chi connectivity index (χ4v) is 2.72. The van der Waals surface area contributed by atoms with Gasteiger partial charge in [0, 0.05) is 17.1 Å². The molecule has 170 valence electrons. The van der Waals surface area contributed by atoms with Crippen LogP contribution in [-0.4, -0.2) is 4.90 Å². The zero-order chi connectivity index (χ0) is 24.9. The standard InChI is InChI=1S/C32H37N/c1-9-17-20-23-28(14-6)29(15-7)26-27-30(16-8)33(31(21-12-4)24-18-10-2)32(22-13-5)25-19-11-3/h9-27H,1-2,4,6-8H2,3,5H3/b19-11-,20-17-,22-13-,24-18-,28-23+,29-26+,30-27+,31-21+,32-25+. The van der Waals surface area contributed by atoms with Gasteiger partial charge < -0.3 is 4.90 Å². The predicted octanol–water partition coefficient (Wildman–Crippen LogP) is 9.17. The van der Waals surface area contributed by atoms with E-state index in [0.717, 1.165) is 28.2 Å². The van der Waals surface area contributed by atoms with E-state index in [1.165, 1.54) is 0 Å². The zero-order valence-corrected chi connectivity index (χ0v) is 20.2. The second-order valence-corrected chi connectivity index (χ2v) is 6.44. The molecule has 1 nitrogen and oxygen atoms in total. The summed E-state index contributed by atoms with van der Waals surface area (Å²) in [5.74, 6) is 0. The third-order valence-corrected chi connectivity index (χ3v) is 4.20. The molecule has 33 heavy (non-hydrogen) atoms. The van der Waals surface area contributed by atoms with E-state index in [1.54, 1.807) is 30.4 Å². The molecule has 0 bridgehead atoms. The van der Waals surface area contributed by atoms with Crippen molar-refractivity contribution in [1.29, 1.82) is 0 Å². The van der Waals surface area contributed by atoms with Crippen LogP contribution in [0, 0.1) is 0 Å². The summed E-state index contributed by atoms with van der Waals surface area (Å²) < 4.78 is 0. The van der Waals surface area contributed by atoms with Gasteiger partial charge in [-0.2, -0.15) is 0 Å². The van der Waals surface area contributed by atoms with Crippen molar-refractivity contribution in [3.63, 3.8) is 0 Å². The van der Waals surface area contributed by atoms with E-state index in [2.05, 4.69) is 44.4 Å². The summed E-state index contributed by atoms with van der Waals surface area (Å²) in [6.45, 7) is 27.3. The Labute approximate surface area is 201 Å². The van der Waals surface area contributed by atoms with E-state index in [-0.39, 0.29) is 0 Å².